The molecule has 0 saturated heterocycles. The minimum atomic E-state index is -0.575. The molecule has 17 heavy (non-hydrogen) atoms. The number of carbonyl (C=O) groups excluding carboxylic acids is 1. The molecule has 0 radical (unpaired) electrons. The number of nitrogens with one attached hydrogen (secondary N) is 2. The molecule has 0 bridgehead atoms. The number of amides is 1. The molecule has 5 nitrogen and oxygen atoms in total. The van der Waals surface area contributed by atoms with Gasteiger partial charge in [-0.3, -0.25) is 4.79 Å². The topological polar surface area (TPSA) is 70.6 Å². The van der Waals surface area contributed by atoms with Gasteiger partial charge in [0.05, 0.1) is 25.4 Å². The molecule has 1 amide bonds. The highest BCUT2D eigenvalue weighted by atomic mass is 16.5. The molecule has 3 N–H and O–H groups in total. The Morgan fingerprint density at radius 3 is 2.53 bits per heavy atom. The van der Waals surface area contributed by atoms with Crippen LogP contribution in [0.15, 0.2) is 0 Å². The van der Waals surface area contributed by atoms with Crippen LogP contribution in [0.4, 0.5) is 0 Å². The fourth-order valence-corrected chi connectivity index (χ4v) is 1.51. The molecule has 0 saturated carbocycles. The maximum Gasteiger partial charge on any atom is 0.233 e. The Morgan fingerprint density at radius 1 is 1.35 bits per heavy atom. The number of hydrogen-bond donors (Lipinski definition) is 3. The summed E-state index contributed by atoms with van der Waals surface area (Å²) in [7, 11) is 1.58. The second kappa shape index (κ2) is 9.39. The van der Waals surface area contributed by atoms with Crippen molar-refractivity contribution in [2.45, 2.75) is 39.4 Å². The largest absolute Gasteiger partial charge is 0.389 e. The fourth-order valence-electron chi connectivity index (χ4n) is 1.51. The highest BCUT2D eigenvalue weighted by Gasteiger charge is 2.09. The van der Waals surface area contributed by atoms with Crippen LogP contribution in [0.5, 0.6) is 0 Å². The van der Waals surface area contributed by atoms with E-state index < -0.39 is 6.10 Å². The first-order valence-corrected chi connectivity index (χ1v) is 6.16. The third kappa shape index (κ3) is 10.2. The van der Waals surface area contributed by atoms with Crippen LogP contribution in [0.1, 0.15) is 27.2 Å². The second-order valence-corrected chi connectivity index (χ2v) is 4.73. The van der Waals surface area contributed by atoms with E-state index in [9.17, 15) is 9.90 Å². The zero-order chi connectivity index (χ0) is 13.3. The summed E-state index contributed by atoms with van der Waals surface area (Å²) < 4.78 is 5.51. The number of aliphatic hydroxyl groups excluding tert-OH is 1. The molecule has 2 atom stereocenters. The highest BCUT2D eigenvalue weighted by Crippen LogP contribution is 2.07. The van der Waals surface area contributed by atoms with Crippen LogP contribution in [0, 0.1) is 5.92 Å². The molecule has 0 aliphatic rings. The lowest BCUT2D eigenvalue weighted by atomic mass is 10.1. The van der Waals surface area contributed by atoms with Crippen LogP contribution >= 0.6 is 0 Å². The van der Waals surface area contributed by atoms with E-state index in [-0.39, 0.29) is 18.6 Å². The van der Waals surface area contributed by atoms with Gasteiger partial charge in [-0.1, -0.05) is 13.8 Å². The molecule has 0 aromatic carbocycles. The van der Waals surface area contributed by atoms with E-state index in [1.807, 2.05) is 6.92 Å². The van der Waals surface area contributed by atoms with E-state index in [0.717, 1.165) is 6.42 Å². The summed E-state index contributed by atoms with van der Waals surface area (Å²) in [6.07, 6.45) is 0.566. The lowest BCUT2D eigenvalue weighted by molar-refractivity contribution is -0.119. The Morgan fingerprint density at radius 2 is 2.00 bits per heavy atom. The normalized spacial score (nSPS) is 14.7. The minimum Gasteiger partial charge on any atom is -0.389 e. The van der Waals surface area contributed by atoms with E-state index in [4.69, 9.17) is 4.74 Å². The summed E-state index contributed by atoms with van der Waals surface area (Å²) in [6.45, 7) is 7.17. The lowest BCUT2D eigenvalue weighted by Crippen LogP contribution is -2.37. The molecule has 0 heterocycles. The summed E-state index contributed by atoms with van der Waals surface area (Å²) >= 11 is 0. The summed E-state index contributed by atoms with van der Waals surface area (Å²) in [4.78, 5) is 10.9. The third-order valence-corrected chi connectivity index (χ3v) is 2.32. The van der Waals surface area contributed by atoms with Crippen molar-refractivity contribution in [3.05, 3.63) is 0 Å². The van der Waals surface area contributed by atoms with Gasteiger partial charge >= 0.3 is 0 Å². The minimum absolute atomic E-state index is 0.0914. The monoisotopic (exact) mass is 246 g/mol. The van der Waals surface area contributed by atoms with E-state index in [1.165, 1.54) is 0 Å². The quantitative estimate of drug-likeness (QED) is 0.541. The lowest BCUT2D eigenvalue weighted by Gasteiger charge is -2.18. The molecule has 0 aliphatic heterocycles. The predicted molar refractivity (Wildman–Crippen MR) is 67.8 cm³/mol. The number of ether oxygens (including phenoxy) is 1. The SMILES string of the molecule is CNC(=O)CNCC(O)COC(C)CC(C)C. The van der Waals surface area contributed by atoms with Gasteiger partial charge in [0.25, 0.3) is 0 Å². The Bertz CT molecular complexity index is 210. The molecule has 5 heteroatoms. The Hall–Kier alpha value is -0.650. The standard InChI is InChI=1S/C12H26N2O3/c1-9(2)5-10(3)17-8-11(15)6-14-7-12(16)13-4/h9-11,14-15H,5-8H2,1-4H3,(H,13,16). The van der Waals surface area contributed by atoms with Crippen LogP contribution in [0.25, 0.3) is 0 Å². The van der Waals surface area contributed by atoms with E-state index in [0.29, 0.717) is 19.1 Å². The molecule has 0 aromatic rings. The zero-order valence-corrected chi connectivity index (χ0v) is 11.3. The Balaban J connectivity index is 3.52. The second-order valence-electron chi connectivity index (χ2n) is 4.73. The summed E-state index contributed by atoms with van der Waals surface area (Å²) in [5, 5.41) is 15.0. The number of carbonyl (C=O) groups is 1. The van der Waals surface area contributed by atoms with Crippen molar-refractivity contribution in [2.24, 2.45) is 5.92 Å². The van der Waals surface area contributed by atoms with Crippen LogP contribution < -0.4 is 10.6 Å². The van der Waals surface area contributed by atoms with Crippen molar-refractivity contribution in [3.8, 4) is 0 Å². The van der Waals surface area contributed by atoms with Crippen molar-refractivity contribution in [2.75, 3.05) is 26.7 Å². The van der Waals surface area contributed by atoms with E-state index in [1.54, 1.807) is 7.05 Å². The van der Waals surface area contributed by atoms with Crippen molar-refractivity contribution in [1.82, 2.24) is 10.6 Å². The molecule has 2 unspecified atom stereocenters. The summed E-state index contributed by atoms with van der Waals surface area (Å²) in [5.74, 6) is 0.500. The van der Waals surface area contributed by atoms with Gasteiger partial charge in [0, 0.05) is 13.6 Å². The van der Waals surface area contributed by atoms with Gasteiger partial charge in [-0.25, -0.2) is 0 Å². The third-order valence-electron chi connectivity index (χ3n) is 2.32. The number of rotatable bonds is 9. The molecule has 0 aromatic heterocycles. The fraction of sp³-hybridized carbons (Fsp3) is 0.917. The van der Waals surface area contributed by atoms with Crippen molar-refractivity contribution in [3.63, 3.8) is 0 Å². The highest BCUT2D eigenvalue weighted by molar-refractivity contribution is 5.77. The first kappa shape index (κ1) is 16.4. The number of likely N-dealkylation sites (N-methyl/N-ethyl adjacent to an activating group) is 1. The number of hydrogen-bond acceptors (Lipinski definition) is 4. The molecule has 0 fully saturated rings. The average molecular weight is 246 g/mol. The van der Waals surface area contributed by atoms with Gasteiger partial charge < -0.3 is 20.5 Å². The predicted octanol–water partition coefficient (Wildman–Crippen LogP) is 0.134. The van der Waals surface area contributed by atoms with E-state index >= 15 is 0 Å². The first-order chi connectivity index (χ1) is 7.95. The van der Waals surface area contributed by atoms with Crippen LogP contribution in [-0.4, -0.2) is 50.0 Å². The summed E-state index contributed by atoms with van der Waals surface area (Å²) in [5.41, 5.74) is 0. The molecule has 102 valence electrons. The van der Waals surface area contributed by atoms with Crippen molar-refractivity contribution < 1.29 is 14.6 Å². The van der Waals surface area contributed by atoms with Crippen LogP contribution in [-0.2, 0) is 9.53 Å². The van der Waals surface area contributed by atoms with Crippen molar-refractivity contribution >= 4 is 5.91 Å². The molecular weight excluding hydrogens is 220 g/mol. The van der Waals surface area contributed by atoms with Crippen LogP contribution in [0.3, 0.4) is 0 Å². The maximum absolute atomic E-state index is 10.9. The van der Waals surface area contributed by atoms with E-state index in [2.05, 4.69) is 24.5 Å². The van der Waals surface area contributed by atoms with Crippen molar-refractivity contribution in [1.29, 1.82) is 0 Å². The molecule has 0 spiro atoms. The molecule has 0 aliphatic carbocycles. The first-order valence-electron chi connectivity index (χ1n) is 6.16. The average Bonchev–Trinajstić information content (AvgIpc) is 2.25. The maximum atomic E-state index is 10.9. The molecular formula is C12H26N2O3. The van der Waals surface area contributed by atoms with Gasteiger partial charge in [-0.2, -0.15) is 0 Å². The Labute approximate surface area is 104 Å². The Kier molecular flexibility index (Phi) is 9.03. The van der Waals surface area contributed by atoms with Gasteiger partial charge in [0.2, 0.25) is 5.91 Å². The van der Waals surface area contributed by atoms with Gasteiger partial charge in [0.1, 0.15) is 0 Å². The van der Waals surface area contributed by atoms with Gasteiger partial charge in [-0.05, 0) is 19.3 Å². The van der Waals surface area contributed by atoms with Gasteiger partial charge in [-0.15, -0.1) is 0 Å². The van der Waals surface area contributed by atoms with Crippen LogP contribution in [0.2, 0.25) is 0 Å². The number of aliphatic hydroxyl groups is 1. The zero-order valence-electron chi connectivity index (χ0n) is 11.3. The summed E-state index contributed by atoms with van der Waals surface area (Å²) in [6, 6.07) is 0. The molecule has 0 rings (SSSR count). The van der Waals surface area contributed by atoms with Gasteiger partial charge in [0.15, 0.2) is 0 Å². The smallest absolute Gasteiger partial charge is 0.233 e.